The molecule has 0 atom stereocenters. The van der Waals surface area contributed by atoms with Crippen molar-refractivity contribution < 1.29 is 4.74 Å². The van der Waals surface area contributed by atoms with E-state index in [0.717, 1.165) is 34.5 Å². The summed E-state index contributed by atoms with van der Waals surface area (Å²) in [6.45, 7) is 6.37. The summed E-state index contributed by atoms with van der Waals surface area (Å²) >= 11 is 0. The maximum absolute atomic E-state index is 13.6. The first kappa shape index (κ1) is 23.9. The molecule has 2 aromatic heterocycles. The van der Waals surface area contributed by atoms with Gasteiger partial charge in [-0.25, -0.2) is 9.97 Å². The standard InChI is InChI=1S/C29H28N4O2/c1-4-8-26-32-25(5-2)28(35-27-17-20(3)15-16-31-27)29(34)33(26)19-21-11-13-22(14-12-21)24-10-7-6-9-23(24)18-30/h6-7,9-17H,4-5,8,19H2,1-3H3. The van der Waals surface area contributed by atoms with Crippen molar-refractivity contribution >= 4 is 0 Å². The smallest absolute Gasteiger partial charge is 0.297 e. The third-order valence-electron chi connectivity index (χ3n) is 5.84. The molecule has 176 valence electrons. The van der Waals surface area contributed by atoms with Crippen molar-refractivity contribution in [2.24, 2.45) is 0 Å². The summed E-state index contributed by atoms with van der Waals surface area (Å²) < 4.78 is 7.69. The molecule has 0 saturated heterocycles. The van der Waals surface area contributed by atoms with Gasteiger partial charge < -0.3 is 4.74 Å². The summed E-state index contributed by atoms with van der Waals surface area (Å²) in [6.07, 6.45) is 3.82. The zero-order valence-corrected chi connectivity index (χ0v) is 20.3. The second kappa shape index (κ2) is 10.8. The molecule has 0 aliphatic rings. The number of rotatable bonds is 8. The van der Waals surface area contributed by atoms with Gasteiger partial charge in [-0.15, -0.1) is 0 Å². The number of aromatic nitrogens is 3. The molecule has 35 heavy (non-hydrogen) atoms. The molecule has 0 aliphatic carbocycles. The molecule has 4 aromatic rings. The average Bonchev–Trinajstić information content (AvgIpc) is 2.88. The Balaban J connectivity index is 1.71. The van der Waals surface area contributed by atoms with E-state index in [9.17, 15) is 10.1 Å². The maximum Gasteiger partial charge on any atom is 0.297 e. The molecule has 2 heterocycles. The van der Waals surface area contributed by atoms with Crippen LogP contribution in [0.15, 0.2) is 71.7 Å². The predicted molar refractivity (Wildman–Crippen MR) is 137 cm³/mol. The molecule has 6 heteroatoms. The normalized spacial score (nSPS) is 10.7. The fraction of sp³-hybridized carbons (Fsp3) is 0.241. The molecule has 0 saturated carbocycles. The first-order valence-electron chi connectivity index (χ1n) is 11.9. The molecule has 2 aromatic carbocycles. The minimum absolute atomic E-state index is 0.206. The van der Waals surface area contributed by atoms with Crippen LogP contribution in [0.1, 0.15) is 48.5 Å². The van der Waals surface area contributed by atoms with Gasteiger partial charge in [0.05, 0.1) is 23.9 Å². The van der Waals surface area contributed by atoms with E-state index >= 15 is 0 Å². The van der Waals surface area contributed by atoms with E-state index in [0.29, 0.717) is 36.5 Å². The number of nitriles is 1. The van der Waals surface area contributed by atoms with Crippen molar-refractivity contribution in [3.8, 4) is 28.8 Å². The zero-order valence-electron chi connectivity index (χ0n) is 20.3. The first-order valence-corrected chi connectivity index (χ1v) is 11.9. The van der Waals surface area contributed by atoms with Crippen LogP contribution in [0.2, 0.25) is 0 Å². The van der Waals surface area contributed by atoms with Gasteiger partial charge >= 0.3 is 0 Å². The fourth-order valence-electron chi connectivity index (χ4n) is 4.02. The Morgan fingerprint density at radius 2 is 1.83 bits per heavy atom. The number of ether oxygens (including phenoxy) is 1. The highest BCUT2D eigenvalue weighted by molar-refractivity contribution is 5.70. The van der Waals surface area contributed by atoms with E-state index in [4.69, 9.17) is 9.72 Å². The molecular formula is C29H28N4O2. The Labute approximate surface area is 205 Å². The summed E-state index contributed by atoms with van der Waals surface area (Å²) in [6, 6.07) is 21.4. The van der Waals surface area contributed by atoms with Crippen LogP contribution < -0.4 is 10.3 Å². The van der Waals surface area contributed by atoms with Crippen LogP contribution in [-0.2, 0) is 19.4 Å². The summed E-state index contributed by atoms with van der Waals surface area (Å²) in [7, 11) is 0. The summed E-state index contributed by atoms with van der Waals surface area (Å²) in [5.41, 5.74) is 4.88. The molecule has 0 unspecified atom stereocenters. The van der Waals surface area contributed by atoms with E-state index in [1.165, 1.54) is 0 Å². The highest BCUT2D eigenvalue weighted by atomic mass is 16.5. The van der Waals surface area contributed by atoms with Crippen molar-refractivity contribution in [2.45, 2.75) is 46.6 Å². The molecule has 0 N–H and O–H groups in total. The van der Waals surface area contributed by atoms with Crippen molar-refractivity contribution in [1.82, 2.24) is 14.5 Å². The van der Waals surface area contributed by atoms with Crippen LogP contribution in [0, 0.1) is 18.3 Å². The third-order valence-corrected chi connectivity index (χ3v) is 5.84. The van der Waals surface area contributed by atoms with Gasteiger partial charge in [-0.3, -0.25) is 9.36 Å². The van der Waals surface area contributed by atoms with Crippen LogP contribution in [0.25, 0.3) is 11.1 Å². The lowest BCUT2D eigenvalue weighted by Crippen LogP contribution is -2.28. The average molecular weight is 465 g/mol. The largest absolute Gasteiger partial charge is 0.431 e. The van der Waals surface area contributed by atoms with Crippen molar-refractivity contribution in [3.63, 3.8) is 0 Å². The van der Waals surface area contributed by atoms with Gasteiger partial charge in [-0.05, 0) is 54.2 Å². The van der Waals surface area contributed by atoms with E-state index in [-0.39, 0.29) is 11.3 Å². The van der Waals surface area contributed by atoms with Gasteiger partial charge in [0.1, 0.15) is 5.82 Å². The lowest BCUT2D eigenvalue weighted by atomic mass is 9.99. The topological polar surface area (TPSA) is 80.8 Å². The van der Waals surface area contributed by atoms with Gasteiger partial charge in [0.15, 0.2) is 0 Å². The van der Waals surface area contributed by atoms with E-state index in [1.54, 1.807) is 16.8 Å². The number of pyridine rings is 1. The molecular weight excluding hydrogens is 436 g/mol. The quantitative estimate of drug-likeness (QED) is 0.327. The van der Waals surface area contributed by atoms with Crippen LogP contribution in [-0.4, -0.2) is 14.5 Å². The lowest BCUT2D eigenvalue weighted by molar-refractivity contribution is 0.434. The Morgan fingerprint density at radius 3 is 2.51 bits per heavy atom. The van der Waals surface area contributed by atoms with Crippen LogP contribution >= 0.6 is 0 Å². The van der Waals surface area contributed by atoms with Crippen LogP contribution in [0.4, 0.5) is 0 Å². The van der Waals surface area contributed by atoms with Gasteiger partial charge in [0.25, 0.3) is 5.56 Å². The van der Waals surface area contributed by atoms with E-state index in [2.05, 4.69) is 18.0 Å². The van der Waals surface area contributed by atoms with Crippen molar-refractivity contribution in [3.05, 3.63) is 105 Å². The van der Waals surface area contributed by atoms with Crippen molar-refractivity contribution in [1.29, 1.82) is 5.26 Å². The SMILES string of the molecule is CCCc1nc(CC)c(Oc2cc(C)ccn2)c(=O)n1Cc1ccc(-c2ccccc2C#N)cc1. The highest BCUT2D eigenvalue weighted by Gasteiger charge is 2.18. The lowest BCUT2D eigenvalue weighted by Gasteiger charge is -2.17. The third kappa shape index (κ3) is 5.30. The predicted octanol–water partition coefficient (Wildman–Crippen LogP) is 5.84. The summed E-state index contributed by atoms with van der Waals surface area (Å²) in [4.78, 5) is 22.7. The number of hydrogen-bond donors (Lipinski definition) is 0. The van der Waals surface area contributed by atoms with Gasteiger partial charge in [0, 0.05) is 18.7 Å². The summed E-state index contributed by atoms with van der Waals surface area (Å²) in [5, 5.41) is 9.42. The minimum Gasteiger partial charge on any atom is -0.431 e. The highest BCUT2D eigenvalue weighted by Crippen LogP contribution is 2.25. The zero-order chi connectivity index (χ0) is 24.8. The monoisotopic (exact) mass is 464 g/mol. The maximum atomic E-state index is 13.6. The Morgan fingerprint density at radius 1 is 1.06 bits per heavy atom. The van der Waals surface area contributed by atoms with Gasteiger partial charge in [-0.1, -0.05) is 56.3 Å². The Bertz CT molecular complexity index is 1430. The first-order chi connectivity index (χ1) is 17.0. The van der Waals surface area contributed by atoms with Gasteiger partial charge in [0.2, 0.25) is 11.6 Å². The Hall–Kier alpha value is -4.24. The van der Waals surface area contributed by atoms with E-state index in [1.807, 2.05) is 68.4 Å². The molecule has 0 radical (unpaired) electrons. The molecule has 0 aliphatic heterocycles. The second-order valence-corrected chi connectivity index (χ2v) is 8.43. The van der Waals surface area contributed by atoms with Crippen molar-refractivity contribution in [2.75, 3.05) is 0 Å². The molecule has 0 spiro atoms. The number of nitrogens with zero attached hydrogens (tertiary/aromatic N) is 4. The van der Waals surface area contributed by atoms with E-state index < -0.39 is 0 Å². The van der Waals surface area contributed by atoms with Gasteiger partial charge in [-0.2, -0.15) is 5.26 Å². The number of benzene rings is 2. The molecule has 6 nitrogen and oxygen atoms in total. The van der Waals surface area contributed by atoms with Crippen LogP contribution in [0.3, 0.4) is 0 Å². The minimum atomic E-state index is -0.206. The van der Waals surface area contributed by atoms with Crippen LogP contribution in [0.5, 0.6) is 11.6 Å². The molecule has 0 bridgehead atoms. The number of hydrogen-bond acceptors (Lipinski definition) is 5. The second-order valence-electron chi connectivity index (χ2n) is 8.43. The molecule has 4 rings (SSSR count). The Kier molecular flexibility index (Phi) is 7.37. The number of aryl methyl sites for hydroxylation is 3. The molecule has 0 amide bonds. The fourth-order valence-corrected chi connectivity index (χ4v) is 4.02. The molecule has 0 fully saturated rings. The summed E-state index contributed by atoms with van der Waals surface area (Å²) in [5.74, 6) is 1.36.